The first-order valence-corrected chi connectivity index (χ1v) is 16.4. The fraction of sp³-hybridized carbons (Fsp3) is 0.0667. The lowest BCUT2D eigenvalue weighted by molar-refractivity contribution is 0.419. The molecule has 1 aliphatic heterocycles. The van der Waals surface area contributed by atoms with Crippen LogP contribution in [0.15, 0.2) is 158 Å². The standard InChI is InChI=1S/C45H32N2O/c1-45(2)38-20-6-8-22-40(38)48-41-23-11-19-36(42(41)45)33-16-9-14-31(26-33)32-15-10-17-35(28-32)44-46-39-21-7-5-18-37(39)43(47-44)34-25-24-29-12-3-4-13-30(29)27-34/h3-28H,1-2H3. The monoisotopic (exact) mass is 616 g/mol. The van der Waals surface area contributed by atoms with Crippen LogP contribution < -0.4 is 4.74 Å². The number of para-hydroxylation sites is 2. The summed E-state index contributed by atoms with van der Waals surface area (Å²) in [5.41, 5.74) is 10.7. The Morgan fingerprint density at radius 1 is 0.479 bits per heavy atom. The van der Waals surface area contributed by atoms with Crippen molar-refractivity contribution in [1.82, 2.24) is 9.97 Å². The molecule has 0 amide bonds. The van der Waals surface area contributed by atoms with E-state index in [1.54, 1.807) is 0 Å². The molecule has 0 fully saturated rings. The Bertz CT molecular complexity index is 2530. The van der Waals surface area contributed by atoms with E-state index in [2.05, 4.69) is 159 Å². The zero-order valence-corrected chi connectivity index (χ0v) is 26.8. The summed E-state index contributed by atoms with van der Waals surface area (Å²) in [6.45, 7) is 4.58. The number of fused-ring (bicyclic) bond motifs is 4. The summed E-state index contributed by atoms with van der Waals surface area (Å²) in [6.07, 6.45) is 0. The van der Waals surface area contributed by atoms with Crippen LogP contribution in [0, 0.1) is 0 Å². The highest BCUT2D eigenvalue weighted by atomic mass is 16.5. The van der Waals surface area contributed by atoms with Crippen molar-refractivity contribution in [3.05, 3.63) is 169 Å². The predicted octanol–water partition coefficient (Wildman–Crippen LogP) is 11.9. The van der Waals surface area contributed by atoms with Crippen LogP contribution in [-0.4, -0.2) is 9.97 Å². The lowest BCUT2D eigenvalue weighted by atomic mass is 9.73. The minimum absolute atomic E-state index is 0.215. The second-order valence-electron chi connectivity index (χ2n) is 13.0. The van der Waals surface area contributed by atoms with Gasteiger partial charge in [-0.25, -0.2) is 9.97 Å². The molecule has 0 unspecified atom stereocenters. The molecular formula is C45H32N2O. The first kappa shape index (κ1) is 28.2. The molecule has 8 aromatic rings. The van der Waals surface area contributed by atoms with E-state index in [-0.39, 0.29) is 5.41 Å². The van der Waals surface area contributed by atoms with Gasteiger partial charge in [-0.2, -0.15) is 0 Å². The Labute approximate surface area is 280 Å². The predicted molar refractivity (Wildman–Crippen MR) is 197 cm³/mol. The summed E-state index contributed by atoms with van der Waals surface area (Å²) in [6, 6.07) is 55.4. The molecular weight excluding hydrogens is 585 g/mol. The molecule has 7 aromatic carbocycles. The van der Waals surface area contributed by atoms with Crippen molar-refractivity contribution in [2.75, 3.05) is 0 Å². The van der Waals surface area contributed by atoms with E-state index in [0.29, 0.717) is 5.82 Å². The van der Waals surface area contributed by atoms with Gasteiger partial charge in [0.2, 0.25) is 0 Å². The fourth-order valence-corrected chi connectivity index (χ4v) is 7.29. The first-order chi connectivity index (χ1) is 23.5. The molecule has 0 saturated carbocycles. The number of nitrogens with zero attached hydrogens (tertiary/aromatic N) is 2. The van der Waals surface area contributed by atoms with Gasteiger partial charge in [0.1, 0.15) is 11.5 Å². The zero-order valence-electron chi connectivity index (χ0n) is 26.8. The van der Waals surface area contributed by atoms with Gasteiger partial charge in [0, 0.05) is 33.1 Å². The molecule has 0 spiro atoms. The molecule has 0 atom stereocenters. The quantitative estimate of drug-likeness (QED) is 0.197. The molecule has 48 heavy (non-hydrogen) atoms. The molecule has 0 bridgehead atoms. The Kier molecular flexibility index (Phi) is 6.48. The molecule has 9 rings (SSSR count). The molecule has 228 valence electrons. The SMILES string of the molecule is CC1(C)c2ccccc2Oc2cccc(-c3cccc(-c4cccc(-c5nc(-c6ccc7ccccc7c6)c6ccccc6n5)c4)c3)c21. The van der Waals surface area contributed by atoms with E-state index in [4.69, 9.17) is 14.7 Å². The van der Waals surface area contributed by atoms with E-state index in [1.807, 2.05) is 12.1 Å². The van der Waals surface area contributed by atoms with Gasteiger partial charge in [0.15, 0.2) is 5.82 Å². The largest absolute Gasteiger partial charge is 0.457 e. The topological polar surface area (TPSA) is 35.0 Å². The second kappa shape index (κ2) is 11.0. The van der Waals surface area contributed by atoms with Gasteiger partial charge in [0.25, 0.3) is 0 Å². The number of hydrogen-bond acceptors (Lipinski definition) is 3. The van der Waals surface area contributed by atoms with Gasteiger partial charge in [0.05, 0.1) is 11.2 Å². The van der Waals surface area contributed by atoms with Crippen molar-refractivity contribution >= 4 is 21.7 Å². The number of aromatic nitrogens is 2. The van der Waals surface area contributed by atoms with E-state index >= 15 is 0 Å². The minimum Gasteiger partial charge on any atom is -0.457 e. The zero-order chi connectivity index (χ0) is 32.2. The minimum atomic E-state index is -0.215. The summed E-state index contributed by atoms with van der Waals surface area (Å²) in [4.78, 5) is 10.3. The number of ether oxygens (including phenoxy) is 1. The van der Waals surface area contributed by atoms with Crippen molar-refractivity contribution in [2.45, 2.75) is 19.3 Å². The third-order valence-corrected chi connectivity index (χ3v) is 9.69. The van der Waals surface area contributed by atoms with Gasteiger partial charge in [-0.1, -0.05) is 135 Å². The van der Waals surface area contributed by atoms with E-state index in [0.717, 1.165) is 55.9 Å². The van der Waals surface area contributed by atoms with Gasteiger partial charge in [-0.05, 0) is 69.4 Å². The summed E-state index contributed by atoms with van der Waals surface area (Å²) in [5.74, 6) is 2.56. The highest BCUT2D eigenvalue weighted by molar-refractivity contribution is 5.96. The van der Waals surface area contributed by atoms with Crippen LogP contribution in [0.1, 0.15) is 25.0 Å². The molecule has 3 heteroatoms. The van der Waals surface area contributed by atoms with E-state index in [9.17, 15) is 0 Å². The lowest BCUT2D eigenvalue weighted by Crippen LogP contribution is -2.25. The van der Waals surface area contributed by atoms with Crippen LogP contribution in [-0.2, 0) is 5.41 Å². The smallest absolute Gasteiger partial charge is 0.160 e. The molecule has 1 aromatic heterocycles. The maximum atomic E-state index is 6.43. The highest BCUT2D eigenvalue weighted by Crippen LogP contribution is 2.51. The first-order valence-electron chi connectivity index (χ1n) is 16.4. The van der Waals surface area contributed by atoms with Crippen LogP contribution in [0.2, 0.25) is 0 Å². The maximum Gasteiger partial charge on any atom is 0.160 e. The molecule has 0 N–H and O–H groups in total. The number of benzene rings is 7. The van der Waals surface area contributed by atoms with Crippen LogP contribution in [0.5, 0.6) is 11.5 Å². The van der Waals surface area contributed by atoms with Crippen molar-refractivity contribution in [1.29, 1.82) is 0 Å². The van der Waals surface area contributed by atoms with Gasteiger partial charge in [-0.3, -0.25) is 0 Å². The summed E-state index contributed by atoms with van der Waals surface area (Å²) in [5, 5.41) is 3.45. The van der Waals surface area contributed by atoms with E-state index < -0.39 is 0 Å². The third kappa shape index (κ3) is 4.66. The number of rotatable bonds is 4. The summed E-state index contributed by atoms with van der Waals surface area (Å²) in [7, 11) is 0. The molecule has 2 heterocycles. The fourth-order valence-electron chi connectivity index (χ4n) is 7.29. The Morgan fingerprint density at radius 3 is 2.02 bits per heavy atom. The van der Waals surface area contributed by atoms with Gasteiger partial charge < -0.3 is 4.74 Å². The molecule has 0 saturated heterocycles. The average Bonchev–Trinajstić information content (AvgIpc) is 3.14. The van der Waals surface area contributed by atoms with Crippen molar-refractivity contribution in [2.24, 2.45) is 0 Å². The summed E-state index contributed by atoms with van der Waals surface area (Å²) >= 11 is 0. The number of hydrogen-bond donors (Lipinski definition) is 0. The third-order valence-electron chi connectivity index (χ3n) is 9.69. The van der Waals surface area contributed by atoms with Crippen LogP contribution in [0.4, 0.5) is 0 Å². The Morgan fingerprint density at radius 2 is 1.15 bits per heavy atom. The lowest BCUT2D eigenvalue weighted by Gasteiger charge is -2.36. The normalized spacial score (nSPS) is 13.1. The second-order valence-corrected chi connectivity index (χ2v) is 13.0. The maximum absolute atomic E-state index is 6.43. The molecule has 3 nitrogen and oxygen atoms in total. The molecule has 1 aliphatic rings. The summed E-state index contributed by atoms with van der Waals surface area (Å²) < 4.78 is 6.43. The van der Waals surface area contributed by atoms with Crippen LogP contribution in [0.3, 0.4) is 0 Å². The van der Waals surface area contributed by atoms with Crippen LogP contribution in [0.25, 0.3) is 66.6 Å². The van der Waals surface area contributed by atoms with Crippen molar-refractivity contribution < 1.29 is 4.74 Å². The van der Waals surface area contributed by atoms with Crippen molar-refractivity contribution in [3.8, 4) is 56.4 Å². The van der Waals surface area contributed by atoms with Crippen LogP contribution >= 0.6 is 0 Å². The van der Waals surface area contributed by atoms with Gasteiger partial charge in [-0.15, -0.1) is 0 Å². The molecule has 0 radical (unpaired) electrons. The van der Waals surface area contributed by atoms with Gasteiger partial charge >= 0.3 is 0 Å². The Hall–Kier alpha value is -6.06. The Balaban J connectivity index is 1.13. The highest BCUT2D eigenvalue weighted by Gasteiger charge is 2.36. The average molecular weight is 617 g/mol. The van der Waals surface area contributed by atoms with E-state index in [1.165, 1.54) is 27.5 Å². The molecule has 0 aliphatic carbocycles. The van der Waals surface area contributed by atoms with Crippen molar-refractivity contribution in [3.63, 3.8) is 0 Å².